The lowest BCUT2D eigenvalue weighted by atomic mass is 9.99. The van der Waals surface area contributed by atoms with Crippen LogP contribution in [-0.2, 0) is 0 Å². The highest BCUT2D eigenvalue weighted by Crippen LogP contribution is 2.15. The van der Waals surface area contributed by atoms with Gasteiger partial charge < -0.3 is 15.5 Å². The maximum absolute atomic E-state index is 4.57. The number of hydrogen-bond acceptors (Lipinski definition) is 2. The molecular formula is C15H31IN4. The third kappa shape index (κ3) is 8.79. The summed E-state index contributed by atoms with van der Waals surface area (Å²) in [5, 5.41) is 6.46. The molecule has 0 saturated carbocycles. The van der Waals surface area contributed by atoms with Crippen LogP contribution in [0.5, 0.6) is 0 Å². The first-order valence-electron chi connectivity index (χ1n) is 7.61. The number of hydrogen-bond donors (Lipinski definition) is 2. The number of nitrogens with zero attached hydrogens (tertiary/aromatic N) is 2. The molecule has 4 nitrogen and oxygen atoms in total. The Labute approximate surface area is 141 Å². The Balaban J connectivity index is 0.00000361. The van der Waals surface area contributed by atoms with Crippen LogP contribution < -0.4 is 10.6 Å². The van der Waals surface area contributed by atoms with Crippen LogP contribution in [-0.4, -0.2) is 50.1 Å². The molecule has 0 aromatic rings. The Morgan fingerprint density at radius 2 is 2.05 bits per heavy atom. The zero-order valence-corrected chi connectivity index (χ0v) is 15.4. The molecule has 0 aliphatic carbocycles. The lowest BCUT2D eigenvalue weighted by molar-refractivity contribution is 0.192. The van der Waals surface area contributed by atoms with Crippen molar-refractivity contribution >= 4 is 29.9 Å². The zero-order valence-electron chi connectivity index (χ0n) is 13.0. The number of aliphatic imine (C=N–C) groups is 1. The molecule has 0 aromatic heterocycles. The predicted octanol–water partition coefficient (Wildman–Crippen LogP) is 2.47. The van der Waals surface area contributed by atoms with Crippen LogP contribution in [0.2, 0.25) is 0 Å². The number of likely N-dealkylation sites (tertiary alicyclic amines) is 1. The third-order valence-electron chi connectivity index (χ3n) is 3.54. The van der Waals surface area contributed by atoms with E-state index >= 15 is 0 Å². The number of halogens is 1. The highest BCUT2D eigenvalue weighted by molar-refractivity contribution is 14.0. The molecule has 1 aliphatic heterocycles. The van der Waals surface area contributed by atoms with E-state index in [1.165, 1.54) is 32.5 Å². The van der Waals surface area contributed by atoms with Gasteiger partial charge in [0.1, 0.15) is 0 Å². The molecule has 1 heterocycles. The Kier molecular flexibility index (Phi) is 12.3. The molecule has 0 atom stereocenters. The zero-order chi connectivity index (χ0) is 13.9. The first kappa shape index (κ1) is 19.7. The molecular weight excluding hydrogens is 363 g/mol. The molecule has 0 radical (unpaired) electrons. The summed E-state index contributed by atoms with van der Waals surface area (Å²) in [4.78, 5) is 7.14. The van der Waals surface area contributed by atoms with E-state index in [2.05, 4.69) is 41.0 Å². The third-order valence-corrected chi connectivity index (χ3v) is 3.54. The van der Waals surface area contributed by atoms with Crippen molar-refractivity contribution in [2.75, 3.05) is 39.3 Å². The van der Waals surface area contributed by atoms with Gasteiger partial charge in [-0.2, -0.15) is 0 Å². The highest BCUT2D eigenvalue weighted by atomic mass is 127. The van der Waals surface area contributed by atoms with E-state index in [0.717, 1.165) is 37.9 Å². The van der Waals surface area contributed by atoms with Crippen molar-refractivity contribution in [1.82, 2.24) is 15.5 Å². The maximum atomic E-state index is 4.57. The predicted molar refractivity (Wildman–Crippen MR) is 99.0 cm³/mol. The topological polar surface area (TPSA) is 39.7 Å². The van der Waals surface area contributed by atoms with Gasteiger partial charge in [-0.15, -0.1) is 30.6 Å². The minimum Gasteiger partial charge on any atom is -0.357 e. The molecule has 0 bridgehead atoms. The van der Waals surface area contributed by atoms with E-state index in [0.29, 0.717) is 0 Å². The smallest absolute Gasteiger partial charge is 0.191 e. The second-order valence-corrected chi connectivity index (χ2v) is 5.31. The van der Waals surface area contributed by atoms with Crippen molar-refractivity contribution in [3.05, 3.63) is 12.7 Å². The van der Waals surface area contributed by atoms with Gasteiger partial charge in [0, 0.05) is 19.6 Å². The Morgan fingerprint density at radius 3 is 2.65 bits per heavy atom. The first-order chi connectivity index (χ1) is 9.26. The van der Waals surface area contributed by atoms with Gasteiger partial charge >= 0.3 is 0 Å². The number of piperidine rings is 1. The molecule has 0 aromatic carbocycles. The van der Waals surface area contributed by atoms with Crippen molar-refractivity contribution < 1.29 is 0 Å². The highest BCUT2D eigenvalue weighted by Gasteiger charge is 2.14. The normalized spacial score (nSPS) is 17.4. The molecule has 20 heavy (non-hydrogen) atoms. The molecule has 2 N–H and O–H groups in total. The fourth-order valence-corrected chi connectivity index (χ4v) is 2.28. The van der Waals surface area contributed by atoms with Crippen molar-refractivity contribution in [2.45, 2.75) is 33.1 Å². The average Bonchev–Trinajstić information content (AvgIpc) is 2.42. The minimum absolute atomic E-state index is 0. The van der Waals surface area contributed by atoms with E-state index in [4.69, 9.17) is 0 Å². The second kappa shape index (κ2) is 12.4. The van der Waals surface area contributed by atoms with Gasteiger partial charge in [-0.3, -0.25) is 4.99 Å². The van der Waals surface area contributed by atoms with Gasteiger partial charge in [0.15, 0.2) is 5.96 Å². The summed E-state index contributed by atoms with van der Waals surface area (Å²) in [7, 11) is 0. The summed E-state index contributed by atoms with van der Waals surface area (Å²) >= 11 is 0. The van der Waals surface area contributed by atoms with Gasteiger partial charge in [-0.1, -0.05) is 13.0 Å². The Morgan fingerprint density at radius 1 is 1.35 bits per heavy atom. The lowest BCUT2D eigenvalue weighted by Gasteiger charge is -2.29. The fourth-order valence-electron chi connectivity index (χ4n) is 2.28. The van der Waals surface area contributed by atoms with Crippen LogP contribution in [0.25, 0.3) is 0 Å². The van der Waals surface area contributed by atoms with E-state index in [9.17, 15) is 0 Å². The quantitative estimate of drug-likeness (QED) is 0.229. The minimum atomic E-state index is 0. The van der Waals surface area contributed by atoms with Crippen molar-refractivity contribution in [2.24, 2.45) is 10.9 Å². The van der Waals surface area contributed by atoms with Gasteiger partial charge in [0.05, 0.1) is 0 Å². The molecule has 0 unspecified atom stereocenters. The molecule has 1 rings (SSSR count). The van der Waals surface area contributed by atoms with Gasteiger partial charge in [-0.25, -0.2) is 0 Å². The van der Waals surface area contributed by atoms with Crippen molar-refractivity contribution in [3.8, 4) is 0 Å². The summed E-state index contributed by atoms with van der Waals surface area (Å²) in [6.45, 7) is 14.4. The van der Waals surface area contributed by atoms with Gasteiger partial charge in [0.2, 0.25) is 0 Å². The van der Waals surface area contributed by atoms with Crippen LogP contribution in [0.4, 0.5) is 0 Å². The fraction of sp³-hybridized carbons (Fsp3) is 0.800. The van der Waals surface area contributed by atoms with Crippen molar-refractivity contribution in [1.29, 1.82) is 0 Å². The molecule has 1 saturated heterocycles. The largest absolute Gasteiger partial charge is 0.357 e. The van der Waals surface area contributed by atoms with Crippen LogP contribution in [0, 0.1) is 5.92 Å². The first-order valence-corrected chi connectivity index (χ1v) is 7.61. The standard InChI is InChI=1S/C15H30N4.HI/c1-4-9-17-15(16-5-2)18-10-6-11-19-12-7-14(3)8-13-19;/h4,14H,1,5-13H2,2-3H3,(H2,16,17,18);1H. The Bertz CT molecular complexity index is 273. The molecule has 118 valence electrons. The Hall–Kier alpha value is -0.300. The molecule has 1 aliphatic rings. The van der Waals surface area contributed by atoms with Crippen molar-refractivity contribution in [3.63, 3.8) is 0 Å². The SMILES string of the molecule is C=CCNC(=NCCCN1CCC(C)CC1)NCC.I. The average molecular weight is 394 g/mol. The maximum Gasteiger partial charge on any atom is 0.191 e. The monoisotopic (exact) mass is 394 g/mol. The molecule has 5 heteroatoms. The molecule has 0 spiro atoms. The lowest BCUT2D eigenvalue weighted by Crippen LogP contribution is -2.37. The summed E-state index contributed by atoms with van der Waals surface area (Å²) in [6, 6.07) is 0. The molecule has 1 fully saturated rings. The number of guanidine groups is 1. The number of rotatable bonds is 7. The van der Waals surface area contributed by atoms with Crippen LogP contribution in [0.1, 0.15) is 33.1 Å². The summed E-state index contributed by atoms with van der Waals surface area (Å²) in [5.74, 6) is 1.81. The summed E-state index contributed by atoms with van der Waals surface area (Å²) < 4.78 is 0. The summed E-state index contributed by atoms with van der Waals surface area (Å²) in [6.07, 6.45) is 5.69. The van der Waals surface area contributed by atoms with Crippen LogP contribution >= 0.6 is 24.0 Å². The van der Waals surface area contributed by atoms with Gasteiger partial charge in [-0.05, 0) is 51.7 Å². The van der Waals surface area contributed by atoms with Crippen LogP contribution in [0.15, 0.2) is 17.6 Å². The van der Waals surface area contributed by atoms with Gasteiger partial charge in [0.25, 0.3) is 0 Å². The van der Waals surface area contributed by atoms with E-state index in [1.54, 1.807) is 0 Å². The molecule has 0 amide bonds. The van der Waals surface area contributed by atoms with E-state index in [-0.39, 0.29) is 24.0 Å². The number of nitrogens with one attached hydrogen (secondary N) is 2. The second-order valence-electron chi connectivity index (χ2n) is 5.31. The van der Waals surface area contributed by atoms with Crippen LogP contribution in [0.3, 0.4) is 0 Å². The van der Waals surface area contributed by atoms with E-state index in [1.807, 2.05) is 6.08 Å². The van der Waals surface area contributed by atoms with E-state index < -0.39 is 0 Å². The summed E-state index contributed by atoms with van der Waals surface area (Å²) in [5.41, 5.74) is 0.